The van der Waals surface area contributed by atoms with Crippen molar-refractivity contribution in [3.05, 3.63) is 102 Å². The number of rotatable bonds is 10. The molecular formula is C30H37N3O2. The van der Waals surface area contributed by atoms with E-state index in [2.05, 4.69) is 75.8 Å². The van der Waals surface area contributed by atoms with Crippen LogP contribution in [0.25, 0.3) is 0 Å². The van der Waals surface area contributed by atoms with Crippen LogP contribution in [0.2, 0.25) is 0 Å². The van der Waals surface area contributed by atoms with Crippen molar-refractivity contribution in [2.45, 2.75) is 24.9 Å². The Morgan fingerprint density at radius 1 is 1.00 bits per heavy atom. The molecule has 35 heavy (non-hydrogen) atoms. The molecule has 0 saturated carbocycles. The summed E-state index contributed by atoms with van der Waals surface area (Å²) >= 11 is 0. The number of amides is 1. The first kappa shape index (κ1) is 25.0. The number of likely N-dealkylation sites (N-methyl/N-ethyl adjacent to an activating group) is 1. The van der Waals surface area contributed by atoms with Gasteiger partial charge in [-0.15, -0.1) is 0 Å². The summed E-state index contributed by atoms with van der Waals surface area (Å²) in [4.78, 5) is 17.1. The first-order valence-electron chi connectivity index (χ1n) is 12.6. The highest BCUT2D eigenvalue weighted by molar-refractivity contribution is 5.94. The Hall–Kier alpha value is -3.15. The fourth-order valence-electron chi connectivity index (χ4n) is 4.71. The monoisotopic (exact) mass is 471 g/mol. The van der Waals surface area contributed by atoms with Crippen LogP contribution in [0, 0.1) is 0 Å². The largest absolute Gasteiger partial charge is 0.489 e. The Kier molecular flexibility index (Phi) is 8.93. The molecule has 1 amide bonds. The van der Waals surface area contributed by atoms with Gasteiger partial charge in [0.05, 0.1) is 0 Å². The summed E-state index contributed by atoms with van der Waals surface area (Å²) in [5.41, 5.74) is 3.33. The quantitative estimate of drug-likeness (QED) is 0.467. The second kappa shape index (κ2) is 12.5. The van der Waals surface area contributed by atoms with Gasteiger partial charge in [0.15, 0.2) is 0 Å². The van der Waals surface area contributed by atoms with Gasteiger partial charge in [-0.25, -0.2) is 0 Å². The van der Waals surface area contributed by atoms with Crippen molar-refractivity contribution in [1.29, 1.82) is 0 Å². The summed E-state index contributed by atoms with van der Waals surface area (Å²) in [5, 5.41) is 2.98. The molecule has 0 aromatic heterocycles. The van der Waals surface area contributed by atoms with Gasteiger partial charge in [-0.05, 0) is 62.8 Å². The molecular weight excluding hydrogens is 434 g/mol. The van der Waals surface area contributed by atoms with E-state index in [-0.39, 0.29) is 12.0 Å². The number of nitrogens with zero attached hydrogens (tertiary/aromatic N) is 2. The molecule has 3 aromatic rings. The maximum Gasteiger partial charge on any atom is 0.251 e. The number of carbonyl (C=O) groups is 1. The summed E-state index contributed by atoms with van der Waals surface area (Å²) in [5.74, 6) is 1.03. The van der Waals surface area contributed by atoms with Crippen molar-refractivity contribution in [1.82, 2.24) is 15.1 Å². The standard InChI is InChI=1S/C30H37N3O2/c1-32(2)20-18-31-30(34)26-15-9-16-27(21-26)35-28-17-10-19-33(22-28)23-29(24-11-5-3-6-12-24)25-13-7-4-8-14-25/h3-9,11-16,21,28-29H,10,17-20,22-23H2,1-2H3,(H,31,34). The van der Waals surface area contributed by atoms with Gasteiger partial charge >= 0.3 is 0 Å². The van der Waals surface area contributed by atoms with E-state index < -0.39 is 0 Å². The summed E-state index contributed by atoms with van der Waals surface area (Å²) < 4.78 is 6.38. The fourth-order valence-corrected chi connectivity index (χ4v) is 4.71. The molecule has 1 N–H and O–H groups in total. The van der Waals surface area contributed by atoms with Crippen LogP contribution < -0.4 is 10.1 Å². The van der Waals surface area contributed by atoms with Crippen molar-refractivity contribution >= 4 is 5.91 Å². The van der Waals surface area contributed by atoms with Crippen molar-refractivity contribution < 1.29 is 9.53 Å². The van der Waals surface area contributed by atoms with E-state index in [1.165, 1.54) is 11.1 Å². The molecule has 1 saturated heterocycles. The molecule has 0 radical (unpaired) electrons. The SMILES string of the molecule is CN(C)CCNC(=O)c1cccc(OC2CCCN(CC(c3ccccc3)c3ccccc3)C2)c1. The third-order valence-electron chi connectivity index (χ3n) is 6.55. The van der Waals surface area contributed by atoms with E-state index in [0.29, 0.717) is 18.0 Å². The lowest BCUT2D eigenvalue weighted by atomic mass is 9.90. The van der Waals surface area contributed by atoms with Gasteiger partial charge in [0, 0.05) is 37.7 Å². The second-order valence-electron chi connectivity index (χ2n) is 9.60. The lowest BCUT2D eigenvalue weighted by Crippen LogP contribution is -2.43. The van der Waals surface area contributed by atoms with Gasteiger partial charge in [0.25, 0.3) is 5.91 Å². The number of hydrogen-bond acceptors (Lipinski definition) is 4. The van der Waals surface area contributed by atoms with Crippen LogP contribution in [0.1, 0.15) is 40.2 Å². The summed E-state index contributed by atoms with van der Waals surface area (Å²) in [6.07, 6.45) is 2.24. The van der Waals surface area contributed by atoms with E-state index in [9.17, 15) is 4.79 Å². The van der Waals surface area contributed by atoms with Crippen molar-refractivity contribution in [2.75, 3.05) is 46.8 Å². The van der Waals surface area contributed by atoms with Crippen LogP contribution in [0.4, 0.5) is 0 Å². The molecule has 0 spiro atoms. The molecule has 0 aliphatic carbocycles. The minimum absolute atomic E-state index is 0.0591. The molecule has 5 nitrogen and oxygen atoms in total. The summed E-state index contributed by atoms with van der Waals surface area (Å²) in [6.45, 7) is 4.35. The highest BCUT2D eigenvalue weighted by Crippen LogP contribution is 2.28. The average molecular weight is 472 g/mol. The summed E-state index contributed by atoms with van der Waals surface area (Å²) in [7, 11) is 3.99. The van der Waals surface area contributed by atoms with Crippen LogP contribution in [-0.4, -0.2) is 68.6 Å². The van der Waals surface area contributed by atoms with Crippen molar-refractivity contribution in [3.8, 4) is 5.75 Å². The minimum Gasteiger partial charge on any atom is -0.489 e. The number of carbonyl (C=O) groups excluding carboxylic acids is 1. The Morgan fingerprint density at radius 2 is 1.69 bits per heavy atom. The lowest BCUT2D eigenvalue weighted by molar-refractivity contribution is 0.0861. The zero-order chi connectivity index (χ0) is 24.5. The van der Waals surface area contributed by atoms with Crippen LogP contribution in [0.5, 0.6) is 5.75 Å². The molecule has 1 aliphatic rings. The van der Waals surface area contributed by atoms with Gasteiger partial charge < -0.3 is 15.0 Å². The number of ether oxygens (including phenoxy) is 1. The third-order valence-corrected chi connectivity index (χ3v) is 6.55. The van der Waals surface area contributed by atoms with E-state index in [0.717, 1.165) is 44.8 Å². The molecule has 1 aliphatic heterocycles. The van der Waals surface area contributed by atoms with Gasteiger partial charge in [-0.3, -0.25) is 9.69 Å². The Morgan fingerprint density at radius 3 is 2.34 bits per heavy atom. The molecule has 4 rings (SSSR count). The molecule has 1 fully saturated rings. The number of hydrogen-bond donors (Lipinski definition) is 1. The van der Waals surface area contributed by atoms with Gasteiger partial charge in [0.2, 0.25) is 0 Å². The minimum atomic E-state index is -0.0591. The van der Waals surface area contributed by atoms with E-state index in [4.69, 9.17) is 4.74 Å². The smallest absolute Gasteiger partial charge is 0.251 e. The Bertz CT molecular complexity index is 1020. The lowest BCUT2D eigenvalue weighted by Gasteiger charge is -2.35. The predicted molar refractivity (Wildman–Crippen MR) is 142 cm³/mol. The van der Waals surface area contributed by atoms with Gasteiger partial charge in [-0.1, -0.05) is 66.7 Å². The summed E-state index contributed by atoms with van der Waals surface area (Å²) in [6, 6.07) is 29.1. The second-order valence-corrected chi connectivity index (χ2v) is 9.60. The topological polar surface area (TPSA) is 44.8 Å². The molecule has 0 bridgehead atoms. The predicted octanol–water partition coefficient (Wildman–Crippen LogP) is 4.65. The first-order chi connectivity index (χ1) is 17.1. The van der Waals surface area contributed by atoms with E-state index in [1.54, 1.807) is 0 Å². The molecule has 5 heteroatoms. The van der Waals surface area contributed by atoms with Crippen LogP contribution in [0.3, 0.4) is 0 Å². The zero-order valence-electron chi connectivity index (χ0n) is 20.9. The Labute approximate surface area is 209 Å². The molecule has 1 unspecified atom stereocenters. The van der Waals surface area contributed by atoms with Crippen LogP contribution in [-0.2, 0) is 0 Å². The zero-order valence-corrected chi connectivity index (χ0v) is 20.9. The van der Waals surface area contributed by atoms with Gasteiger partial charge in [-0.2, -0.15) is 0 Å². The molecule has 184 valence electrons. The number of piperidine rings is 1. The van der Waals surface area contributed by atoms with Gasteiger partial charge in [0.1, 0.15) is 11.9 Å². The molecule has 3 aromatic carbocycles. The average Bonchev–Trinajstić information content (AvgIpc) is 2.88. The molecule has 1 heterocycles. The van der Waals surface area contributed by atoms with Crippen LogP contribution in [0.15, 0.2) is 84.9 Å². The van der Waals surface area contributed by atoms with E-state index >= 15 is 0 Å². The van der Waals surface area contributed by atoms with E-state index in [1.807, 2.05) is 38.4 Å². The maximum absolute atomic E-state index is 12.5. The number of likely N-dealkylation sites (tertiary alicyclic amines) is 1. The number of nitrogens with one attached hydrogen (secondary N) is 1. The molecule has 1 atom stereocenters. The fraction of sp³-hybridized carbons (Fsp3) is 0.367. The first-order valence-corrected chi connectivity index (χ1v) is 12.6. The Balaban J connectivity index is 1.39. The van der Waals surface area contributed by atoms with Crippen LogP contribution >= 0.6 is 0 Å². The van der Waals surface area contributed by atoms with Crippen molar-refractivity contribution in [3.63, 3.8) is 0 Å². The highest BCUT2D eigenvalue weighted by atomic mass is 16.5. The maximum atomic E-state index is 12.5. The normalized spacial score (nSPS) is 16.4. The number of benzene rings is 3. The van der Waals surface area contributed by atoms with Crippen molar-refractivity contribution in [2.24, 2.45) is 0 Å². The third kappa shape index (κ3) is 7.41. The highest BCUT2D eigenvalue weighted by Gasteiger charge is 2.25.